The topological polar surface area (TPSA) is 73.6 Å². The summed E-state index contributed by atoms with van der Waals surface area (Å²) in [6.45, 7) is 3.33. The van der Waals surface area contributed by atoms with Gasteiger partial charge in [-0.05, 0) is 25.1 Å². The minimum absolute atomic E-state index is 0.0275. The van der Waals surface area contributed by atoms with Crippen LogP contribution in [0, 0.1) is 0 Å². The van der Waals surface area contributed by atoms with E-state index in [2.05, 4.69) is 5.10 Å². The zero-order valence-corrected chi connectivity index (χ0v) is 11.2. The molecule has 0 unspecified atom stereocenters. The average molecular weight is 276 g/mol. The number of benzene rings is 1. The summed E-state index contributed by atoms with van der Waals surface area (Å²) in [7, 11) is 0. The van der Waals surface area contributed by atoms with Crippen LogP contribution in [0.4, 0.5) is 0 Å². The van der Waals surface area contributed by atoms with Gasteiger partial charge in [0.25, 0.3) is 0 Å². The highest BCUT2D eigenvalue weighted by Gasteiger charge is 2.07. The summed E-state index contributed by atoms with van der Waals surface area (Å²) in [5, 5.41) is 12.7. The molecule has 2 rings (SSSR count). The smallest absolute Gasteiger partial charge is 0.356 e. The van der Waals surface area contributed by atoms with Crippen LogP contribution in [0.5, 0.6) is 11.5 Å². The Morgan fingerprint density at radius 3 is 2.55 bits per heavy atom. The van der Waals surface area contributed by atoms with E-state index in [1.54, 1.807) is 6.20 Å². The highest BCUT2D eigenvalue weighted by molar-refractivity contribution is 5.84. The number of para-hydroxylation sites is 2. The van der Waals surface area contributed by atoms with Gasteiger partial charge in [-0.15, -0.1) is 0 Å². The summed E-state index contributed by atoms with van der Waals surface area (Å²) in [5.74, 6) is 0.327. The second-order valence-corrected chi connectivity index (χ2v) is 4.00. The number of rotatable bonds is 7. The van der Waals surface area contributed by atoms with E-state index in [4.69, 9.17) is 14.6 Å². The molecule has 2 aromatic rings. The van der Waals surface area contributed by atoms with Crippen molar-refractivity contribution in [2.24, 2.45) is 0 Å². The van der Waals surface area contributed by atoms with Crippen molar-refractivity contribution < 1.29 is 19.4 Å². The third-order valence-electron chi connectivity index (χ3n) is 2.59. The number of carboxylic acids is 1. The van der Waals surface area contributed by atoms with Crippen LogP contribution in [-0.2, 0) is 6.54 Å². The second-order valence-electron chi connectivity index (χ2n) is 4.00. The van der Waals surface area contributed by atoms with Crippen molar-refractivity contribution in [2.75, 3.05) is 13.2 Å². The number of aromatic nitrogens is 2. The van der Waals surface area contributed by atoms with Gasteiger partial charge in [0.1, 0.15) is 6.61 Å². The number of nitrogens with zero attached hydrogens (tertiary/aromatic N) is 2. The average Bonchev–Trinajstić information content (AvgIpc) is 2.90. The number of aromatic carboxylic acids is 1. The molecule has 0 aliphatic carbocycles. The van der Waals surface area contributed by atoms with E-state index < -0.39 is 5.97 Å². The Balaban J connectivity index is 1.90. The molecule has 0 saturated carbocycles. The van der Waals surface area contributed by atoms with E-state index in [1.807, 2.05) is 31.2 Å². The lowest BCUT2D eigenvalue weighted by Gasteiger charge is -2.11. The SMILES string of the molecule is CCOc1ccccc1OCCn1ccc(C(=O)O)n1. The van der Waals surface area contributed by atoms with E-state index in [0.717, 1.165) is 0 Å². The fourth-order valence-corrected chi connectivity index (χ4v) is 1.69. The van der Waals surface area contributed by atoms with Gasteiger partial charge in [0.05, 0.1) is 13.2 Å². The van der Waals surface area contributed by atoms with Gasteiger partial charge < -0.3 is 14.6 Å². The van der Waals surface area contributed by atoms with Crippen molar-refractivity contribution in [1.29, 1.82) is 0 Å². The van der Waals surface area contributed by atoms with Gasteiger partial charge in [0.15, 0.2) is 17.2 Å². The van der Waals surface area contributed by atoms with Gasteiger partial charge in [0.2, 0.25) is 0 Å². The first-order valence-corrected chi connectivity index (χ1v) is 6.32. The summed E-state index contributed by atoms with van der Waals surface area (Å²) in [6, 6.07) is 8.88. The highest BCUT2D eigenvalue weighted by Crippen LogP contribution is 2.26. The lowest BCUT2D eigenvalue weighted by molar-refractivity contribution is 0.0689. The molecule has 0 spiro atoms. The van der Waals surface area contributed by atoms with Crippen molar-refractivity contribution >= 4 is 5.97 Å². The van der Waals surface area contributed by atoms with Crippen LogP contribution in [0.2, 0.25) is 0 Å². The third kappa shape index (κ3) is 3.50. The van der Waals surface area contributed by atoms with Gasteiger partial charge in [-0.3, -0.25) is 4.68 Å². The van der Waals surface area contributed by atoms with Crippen LogP contribution in [0.3, 0.4) is 0 Å². The maximum Gasteiger partial charge on any atom is 0.356 e. The first kappa shape index (κ1) is 13.9. The van der Waals surface area contributed by atoms with Gasteiger partial charge in [-0.25, -0.2) is 4.79 Å². The minimum Gasteiger partial charge on any atom is -0.490 e. The zero-order chi connectivity index (χ0) is 14.4. The molecule has 0 aliphatic rings. The Kier molecular flexibility index (Phi) is 4.60. The predicted molar refractivity (Wildman–Crippen MR) is 72.3 cm³/mol. The number of carbonyl (C=O) groups is 1. The Labute approximate surface area is 116 Å². The van der Waals surface area contributed by atoms with Crippen LogP contribution in [0.25, 0.3) is 0 Å². The Hall–Kier alpha value is -2.50. The molecule has 0 saturated heterocycles. The molecule has 20 heavy (non-hydrogen) atoms. The van der Waals surface area contributed by atoms with Crippen LogP contribution < -0.4 is 9.47 Å². The molecule has 6 nitrogen and oxygen atoms in total. The first-order valence-electron chi connectivity index (χ1n) is 6.32. The van der Waals surface area contributed by atoms with Crippen molar-refractivity contribution in [3.63, 3.8) is 0 Å². The molecule has 0 radical (unpaired) electrons. The zero-order valence-electron chi connectivity index (χ0n) is 11.2. The summed E-state index contributed by atoms with van der Waals surface area (Å²) >= 11 is 0. The molecule has 0 amide bonds. The lowest BCUT2D eigenvalue weighted by Crippen LogP contribution is -2.10. The van der Waals surface area contributed by atoms with Gasteiger partial charge in [-0.2, -0.15) is 5.10 Å². The van der Waals surface area contributed by atoms with Crippen molar-refractivity contribution in [3.8, 4) is 11.5 Å². The first-order chi connectivity index (χ1) is 9.70. The van der Waals surface area contributed by atoms with E-state index in [9.17, 15) is 4.79 Å². The monoisotopic (exact) mass is 276 g/mol. The third-order valence-corrected chi connectivity index (χ3v) is 2.59. The predicted octanol–water partition coefficient (Wildman–Crippen LogP) is 2.06. The summed E-state index contributed by atoms with van der Waals surface area (Å²) < 4.78 is 12.6. The van der Waals surface area contributed by atoms with Crippen LogP contribution in [-0.4, -0.2) is 34.1 Å². The molecule has 1 N–H and O–H groups in total. The van der Waals surface area contributed by atoms with E-state index in [0.29, 0.717) is 31.3 Å². The molecule has 6 heteroatoms. The normalized spacial score (nSPS) is 10.2. The van der Waals surface area contributed by atoms with Gasteiger partial charge in [0, 0.05) is 6.20 Å². The highest BCUT2D eigenvalue weighted by atomic mass is 16.5. The molecule has 0 aliphatic heterocycles. The molecule has 0 atom stereocenters. The van der Waals surface area contributed by atoms with E-state index >= 15 is 0 Å². The van der Waals surface area contributed by atoms with Crippen molar-refractivity contribution in [1.82, 2.24) is 9.78 Å². The van der Waals surface area contributed by atoms with Crippen molar-refractivity contribution in [2.45, 2.75) is 13.5 Å². The molecule has 1 heterocycles. The quantitative estimate of drug-likeness (QED) is 0.838. The second kappa shape index (κ2) is 6.60. The standard InChI is InChI=1S/C14H16N2O4/c1-2-19-12-5-3-4-6-13(12)20-10-9-16-8-7-11(15-16)14(17)18/h3-8H,2,9-10H2,1H3,(H,17,18). The fraction of sp³-hybridized carbons (Fsp3) is 0.286. The molecular weight excluding hydrogens is 260 g/mol. The molecule has 1 aromatic carbocycles. The largest absolute Gasteiger partial charge is 0.490 e. The van der Waals surface area contributed by atoms with Crippen molar-refractivity contribution in [3.05, 3.63) is 42.2 Å². The molecule has 0 bridgehead atoms. The minimum atomic E-state index is -1.04. The van der Waals surface area contributed by atoms with Crippen LogP contribution in [0.15, 0.2) is 36.5 Å². The van der Waals surface area contributed by atoms with Crippen LogP contribution >= 0.6 is 0 Å². The molecule has 0 fully saturated rings. The van der Waals surface area contributed by atoms with Crippen LogP contribution in [0.1, 0.15) is 17.4 Å². The maximum atomic E-state index is 10.7. The van der Waals surface area contributed by atoms with Gasteiger partial charge >= 0.3 is 5.97 Å². The van der Waals surface area contributed by atoms with Gasteiger partial charge in [-0.1, -0.05) is 12.1 Å². The maximum absolute atomic E-state index is 10.7. The van der Waals surface area contributed by atoms with E-state index in [1.165, 1.54) is 10.7 Å². The number of ether oxygens (including phenoxy) is 2. The number of hydrogen-bond donors (Lipinski definition) is 1. The number of hydrogen-bond acceptors (Lipinski definition) is 4. The Morgan fingerprint density at radius 1 is 1.25 bits per heavy atom. The van der Waals surface area contributed by atoms with E-state index in [-0.39, 0.29) is 5.69 Å². The lowest BCUT2D eigenvalue weighted by atomic mass is 10.3. The summed E-state index contributed by atoms with van der Waals surface area (Å²) in [6.07, 6.45) is 1.61. The summed E-state index contributed by atoms with van der Waals surface area (Å²) in [4.78, 5) is 10.7. The summed E-state index contributed by atoms with van der Waals surface area (Å²) in [5.41, 5.74) is 0.0275. The molecule has 106 valence electrons. The Bertz CT molecular complexity index is 580. The number of carboxylic acid groups (broad SMARTS) is 1. The fourth-order valence-electron chi connectivity index (χ4n) is 1.69. The molecule has 1 aromatic heterocycles. The molecular formula is C14H16N2O4. The Morgan fingerprint density at radius 2 is 1.95 bits per heavy atom.